The van der Waals surface area contributed by atoms with Gasteiger partial charge in [-0.2, -0.15) is 0 Å². The van der Waals surface area contributed by atoms with Gasteiger partial charge in [-0.25, -0.2) is 0 Å². The molecular weight excluding hydrogens is 298 g/mol. The van der Waals surface area contributed by atoms with Crippen molar-refractivity contribution in [2.75, 3.05) is 6.61 Å². The lowest BCUT2D eigenvalue weighted by atomic mass is 10.2. The number of aliphatic hydroxyl groups is 1. The van der Waals surface area contributed by atoms with Crippen LogP contribution in [-0.4, -0.2) is 22.7 Å². The van der Waals surface area contributed by atoms with Crippen molar-refractivity contribution in [3.05, 3.63) is 44.3 Å². The van der Waals surface area contributed by atoms with Gasteiger partial charge < -0.3 is 5.11 Å². The Hall–Kier alpha value is -1.12. The van der Waals surface area contributed by atoms with Crippen LogP contribution in [0.2, 0.25) is 0 Å². The van der Waals surface area contributed by atoms with Crippen LogP contribution >= 0.6 is 22.7 Å². The summed E-state index contributed by atoms with van der Waals surface area (Å²) in [6.07, 6.45) is 3.20. The van der Waals surface area contributed by atoms with Gasteiger partial charge in [-0.1, -0.05) is 17.9 Å². The predicted octanol–water partition coefficient (Wildman–Crippen LogP) is 3.71. The van der Waals surface area contributed by atoms with Gasteiger partial charge in [0.15, 0.2) is 0 Å². The zero-order chi connectivity index (χ0) is 14.5. The van der Waals surface area contributed by atoms with E-state index in [2.05, 4.69) is 45.7 Å². The highest BCUT2D eigenvalue weighted by atomic mass is 32.1. The molecule has 2 nitrogen and oxygen atoms in total. The number of hydrogen-bond donors (Lipinski definition) is 1. The monoisotopic (exact) mass is 317 g/mol. The molecule has 110 valence electrons. The van der Waals surface area contributed by atoms with Crippen LogP contribution in [0, 0.1) is 11.8 Å². The van der Waals surface area contributed by atoms with Crippen LogP contribution in [0.3, 0.4) is 0 Å². The first-order valence-electron chi connectivity index (χ1n) is 7.29. The third-order valence-corrected chi connectivity index (χ3v) is 5.32. The summed E-state index contributed by atoms with van der Waals surface area (Å²) in [6, 6.07) is 7.19. The van der Waals surface area contributed by atoms with Gasteiger partial charge in [0.05, 0.1) is 6.61 Å². The minimum Gasteiger partial charge on any atom is -0.395 e. The Morgan fingerprint density at radius 2 is 2.10 bits per heavy atom. The number of hydrogen-bond acceptors (Lipinski definition) is 4. The maximum atomic E-state index is 8.83. The van der Waals surface area contributed by atoms with E-state index in [0.29, 0.717) is 6.42 Å². The first kappa shape index (κ1) is 14.8. The molecule has 0 bridgehead atoms. The fourth-order valence-corrected chi connectivity index (χ4v) is 3.91. The lowest BCUT2D eigenvalue weighted by molar-refractivity contribution is 0.250. The highest BCUT2D eigenvalue weighted by molar-refractivity contribution is 7.10. The third-order valence-electron chi connectivity index (χ3n) is 3.55. The van der Waals surface area contributed by atoms with Crippen molar-refractivity contribution in [2.45, 2.75) is 38.4 Å². The van der Waals surface area contributed by atoms with Crippen LogP contribution in [0.5, 0.6) is 0 Å². The van der Waals surface area contributed by atoms with Crippen LogP contribution < -0.4 is 0 Å². The van der Waals surface area contributed by atoms with Gasteiger partial charge in [-0.3, -0.25) is 4.90 Å². The van der Waals surface area contributed by atoms with Crippen LogP contribution in [-0.2, 0) is 13.1 Å². The van der Waals surface area contributed by atoms with Gasteiger partial charge in [0.25, 0.3) is 0 Å². The first-order valence-corrected chi connectivity index (χ1v) is 9.05. The Balaban J connectivity index is 1.69. The van der Waals surface area contributed by atoms with Crippen molar-refractivity contribution >= 4 is 22.7 Å². The molecule has 1 fully saturated rings. The molecule has 0 unspecified atom stereocenters. The molecule has 2 aromatic rings. The summed E-state index contributed by atoms with van der Waals surface area (Å²) < 4.78 is 0. The average molecular weight is 317 g/mol. The van der Waals surface area contributed by atoms with Crippen LogP contribution in [0.25, 0.3) is 0 Å². The Kier molecular flexibility index (Phi) is 5.10. The quantitative estimate of drug-likeness (QED) is 0.821. The Morgan fingerprint density at radius 3 is 2.81 bits per heavy atom. The van der Waals surface area contributed by atoms with Gasteiger partial charge in [-0.15, -0.1) is 22.7 Å². The molecule has 0 saturated heterocycles. The molecule has 0 spiro atoms. The average Bonchev–Trinajstić information content (AvgIpc) is 3.04. The molecule has 1 aliphatic rings. The summed E-state index contributed by atoms with van der Waals surface area (Å²) in [4.78, 5) is 5.37. The molecule has 1 N–H and O–H groups in total. The van der Waals surface area contributed by atoms with E-state index in [1.165, 1.54) is 22.6 Å². The summed E-state index contributed by atoms with van der Waals surface area (Å²) in [5.41, 5.74) is 1.13. The molecule has 2 heterocycles. The van der Waals surface area contributed by atoms with E-state index < -0.39 is 0 Å². The van der Waals surface area contributed by atoms with Crippen molar-refractivity contribution in [3.63, 3.8) is 0 Å². The topological polar surface area (TPSA) is 23.5 Å². The van der Waals surface area contributed by atoms with Crippen molar-refractivity contribution in [1.29, 1.82) is 0 Å². The fourth-order valence-electron chi connectivity index (χ4n) is 2.33. The molecule has 2 aromatic heterocycles. The molecule has 1 saturated carbocycles. The fraction of sp³-hybridized carbons (Fsp3) is 0.412. The number of nitrogens with zero attached hydrogens (tertiary/aromatic N) is 1. The van der Waals surface area contributed by atoms with E-state index in [1.54, 1.807) is 11.3 Å². The summed E-state index contributed by atoms with van der Waals surface area (Å²) >= 11 is 3.63. The first-order chi connectivity index (χ1) is 10.4. The molecule has 0 aromatic carbocycles. The Bertz CT molecular complexity index is 617. The third kappa shape index (κ3) is 4.18. The largest absolute Gasteiger partial charge is 0.395 e. The zero-order valence-corrected chi connectivity index (χ0v) is 13.6. The Labute approximate surface area is 134 Å². The van der Waals surface area contributed by atoms with Gasteiger partial charge in [0, 0.05) is 40.9 Å². The van der Waals surface area contributed by atoms with Crippen molar-refractivity contribution in [2.24, 2.45) is 0 Å². The van der Waals surface area contributed by atoms with E-state index in [4.69, 9.17) is 5.11 Å². The van der Waals surface area contributed by atoms with Gasteiger partial charge in [-0.05, 0) is 35.7 Å². The summed E-state index contributed by atoms with van der Waals surface area (Å²) in [7, 11) is 0. The normalized spacial score (nSPS) is 14.2. The molecule has 0 aliphatic heterocycles. The second-order valence-electron chi connectivity index (χ2n) is 5.25. The van der Waals surface area contributed by atoms with Crippen molar-refractivity contribution < 1.29 is 5.11 Å². The number of thiophene rings is 2. The van der Waals surface area contributed by atoms with Crippen LogP contribution in [0.1, 0.15) is 34.6 Å². The lowest BCUT2D eigenvalue weighted by Crippen LogP contribution is -2.24. The van der Waals surface area contributed by atoms with Crippen LogP contribution in [0.15, 0.2) is 29.0 Å². The second-order valence-corrected chi connectivity index (χ2v) is 7.28. The summed E-state index contributed by atoms with van der Waals surface area (Å²) in [5, 5.41) is 13.1. The minimum atomic E-state index is 0.138. The van der Waals surface area contributed by atoms with E-state index in [0.717, 1.165) is 24.7 Å². The van der Waals surface area contributed by atoms with Crippen molar-refractivity contribution in [1.82, 2.24) is 4.90 Å². The van der Waals surface area contributed by atoms with E-state index in [1.807, 2.05) is 11.3 Å². The lowest BCUT2D eigenvalue weighted by Gasteiger charge is -2.20. The highest BCUT2D eigenvalue weighted by Crippen LogP contribution is 2.32. The molecule has 21 heavy (non-hydrogen) atoms. The van der Waals surface area contributed by atoms with E-state index in [-0.39, 0.29) is 6.61 Å². The summed E-state index contributed by atoms with van der Waals surface area (Å²) in [5.74, 6) is 6.23. The minimum absolute atomic E-state index is 0.138. The van der Waals surface area contributed by atoms with Crippen LogP contribution in [0.4, 0.5) is 0 Å². The molecule has 3 rings (SSSR count). The standard InChI is InChI=1S/C17H19NOS2/c19-9-2-1-4-14-8-11-21-17(14)13-18(15-6-7-15)12-16-5-3-10-20-16/h3,5,8,10-11,15,19H,2,6-7,9,12-13H2. The second kappa shape index (κ2) is 7.24. The molecule has 0 atom stereocenters. The number of rotatable bonds is 6. The van der Waals surface area contributed by atoms with E-state index in [9.17, 15) is 0 Å². The van der Waals surface area contributed by atoms with Gasteiger partial charge in [0.1, 0.15) is 0 Å². The molecule has 0 amide bonds. The summed E-state index contributed by atoms with van der Waals surface area (Å²) in [6.45, 7) is 2.17. The molecular formula is C17H19NOS2. The molecule has 4 heteroatoms. The van der Waals surface area contributed by atoms with Gasteiger partial charge in [0.2, 0.25) is 0 Å². The maximum absolute atomic E-state index is 8.83. The molecule has 1 aliphatic carbocycles. The molecule has 0 radical (unpaired) electrons. The SMILES string of the molecule is OCCC#Cc1ccsc1CN(Cc1cccs1)C1CC1. The zero-order valence-electron chi connectivity index (χ0n) is 11.9. The predicted molar refractivity (Wildman–Crippen MR) is 89.5 cm³/mol. The van der Waals surface area contributed by atoms with E-state index >= 15 is 0 Å². The smallest absolute Gasteiger partial charge is 0.0540 e. The Morgan fingerprint density at radius 1 is 1.19 bits per heavy atom. The highest BCUT2D eigenvalue weighted by Gasteiger charge is 2.29. The number of aliphatic hydroxyl groups excluding tert-OH is 1. The maximum Gasteiger partial charge on any atom is 0.0540 e. The van der Waals surface area contributed by atoms with Crippen molar-refractivity contribution in [3.8, 4) is 11.8 Å². The van der Waals surface area contributed by atoms with Gasteiger partial charge >= 0.3 is 0 Å².